The van der Waals surface area contributed by atoms with Gasteiger partial charge in [0.15, 0.2) is 0 Å². The summed E-state index contributed by atoms with van der Waals surface area (Å²) in [5.74, 6) is 0.643. The number of halogens is 3. The van der Waals surface area contributed by atoms with E-state index in [4.69, 9.17) is 0 Å². The molecular formula is C24H23F3N2O. The molecule has 1 saturated carbocycles. The van der Waals surface area contributed by atoms with Gasteiger partial charge >= 0.3 is 6.18 Å². The summed E-state index contributed by atoms with van der Waals surface area (Å²) in [5.41, 5.74) is 2.01. The molecule has 0 unspecified atom stereocenters. The summed E-state index contributed by atoms with van der Waals surface area (Å²) in [7, 11) is 0. The SMILES string of the molecule is O=c1[nH]cnc(C2CCC(c3ccccc3)CC2)c1Cc1cccc(C(F)(F)F)c1. The molecule has 1 aliphatic rings. The van der Waals surface area contributed by atoms with E-state index in [0.717, 1.165) is 43.5 Å². The van der Waals surface area contributed by atoms with Crippen molar-refractivity contribution in [2.75, 3.05) is 0 Å². The van der Waals surface area contributed by atoms with Crippen LogP contribution in [-0.2, 0) is 12.6 Å². The average molecular weight is 412 g/mol. The minimum Gasteiger partial charge on any atom is -0.313 e. The molecule has 0 saturated heterocycles. The molecule has 1 aliphatic carbocycles. The number of hydrogen-bond donors (Lipinski definition) is 1. The lowest BCUT2D eigenvalue weighted by Crippen LogP contribution is -2.22. The van der Waals surface area contributed by atoms with Crippen molar-refractivity contribution < 1.29 is 13.2 Å². The van der Waals surface area contributed by atoms with Crippen molar-refractivity contribution in [3.05, 3.63) is 99.2 Å². The van der Waals surface area contributed by atoms with Crippen molar-refractivity contribution in [1.29, 1.82) is 0 Å². The lowest BCUT2D eigenvalue weighted by atomic mass is 9.76. The van der Waals surface area contributed by atoms with E-state index in [1.165, 1.54) is 18.0 Å². The monoisotopic (exact) mass is 412 g/mol. The number of aromatic amines is 1. The molecule has 30 heavy (non-hydrogen) atoms. The van der Waals surface area contributed by atoms with E-state index < -0.39 is 11.7 Å². The summed E-state index contributed by atoms with van der Waals surface area (Å²) in [6.45, 7) is 0. The largest absolute Gasteiger partial charge is 0.416 e. The highest BCUT2D eigenvalue weighted by Gasteiger charge is 2.31. The molecule has 0 bridgehead atoms. The maximum absolute atomic E-state index is 13.1. The number of nitrogens with one attached hydrogen (secondary N) is 1. The zero-order chi connectivity index (χ0) is 21.1. The molecule has 1 N–H and O–H groups in total. The van der Waals surface area contributed by atoms with Crippen molar-refractivity contribution in [2.24, 2.45) is 0 Å². The second-order valence-corrected chi connectivity index (χ2v) is 7.93. The van der Waals surface area contributed by atoms with Gasteiger partial charge in [0.05, 0.1) is 17.6 Å². The Morgan fingerprint density at radius 2 is 1.63 bits per heavy atom. The van der Waals surface area contributed by atoms with Gasteiger partial charge in [-0.25, -0.2) is 4.98 Å². The predicted molar refractivity (Wildman–Crippen MR) is 109 cm³/mol. The Labute approximate surface area is 173 Å². The van der Waals surface area contributed by atoms with E-state index in [2.05, 4.69) is 22.1 Å². The third-order valence-corrected chi connectivity index (χ3v) is 6.00. The van der Waals surface area contributed by atoms with Crippen LogP contribution in [0.25, 0.3) is 0 Å². The Bertz CT molecular complexity index is 1050. The van der Waals surface area contributed by atoms with Gasteiger partial charge in [0.1, 0.15) is 0 Å². The van der Waals surface area contributed by atoms with Crippen molar-refractivity contribution >= 4 is 0 Å². The molecule has 1 fully saturated rings. The summed E-state index contributed by atoms with van der Waals surface area (Å²) in [6.07, 6.45) is 0.961. The number of hydrogen-bond acceptors (Lipinski definition) is 2. The minimum absolute atomic E-state index is 0.140. The van der Waals surface area contributed by atoms with Gasteiger partial charge in [-0.15, -0.1) is 0 Å². The number of nitrogens with zero attached hydrogens (tertiary/aromatic N) is 1. The van der Waals surface area contributed by atoms with E-state index in [1.807, 2.05) is 18.2 Å². The summed E-state index contributed by atoms with van der Waals surface area (Å²) < 4.78 is 39.2. The zero-order valence-corrected chi connectivity index (χ0v) is 16.5. The average Bonchev–Trinajstić information content (AvgIpc) is 2.76. The number of rotatable bonds is 4. The summed E-state index contributed by atoms with van der Waals surface area (Å²) >= 11 is 0. The van der Waals surface area contributed by atoms with Crippen molar-refractivity contribution in [1.82, 2.24) is 9.97 Å². The second kappa shape index (κ2) is 8.46. The molecule has 3 nitrogen and oxygen atoms in total. The van der Waals surface area contributed by atoms with Crippen molar-refractivity contribution in [3.63, 3.8) is 0 Å². The first-order valence-corrected chi connectivity index (χ1v) is 10.2. The van der Waals surface area contributed by atoms with Crippen LogP contribution in [0.2, 0.25) is 0 Å². The van der Waals surface area contributed by atoms with E-state index >= 15 is 0 Å². The highest BCUT2D eigenvalue weighted by molar-refractivity contribution is 5.33. The summed E-state index contributed by atoms with van der Waals surface area (Å²) in [4.78, 5) is 19.6. The Morgan fingerprint density at radius 3 is 2.33 bits per heavy atom. The van der Waals surface area contributed by atoms with Crippen LogP contribution in [0.4, 0.5) is 13.2 Å². The number of benzene rings is 2. The number of alkyl halides is 3. The molecule has 156 valence electrons. The molecule has 1 aromatic heterocycles. The first kappa shape index (κ1) is 20.4. The van der Waals surface area contributed by atoms with Gasteiger partial charge in [-0.2, -0.15) is 13.2 Å². The Kier molecular flexibility index (Phi) is 5.75. The lowest BCUT2D eigenvalue weighted by Gasteiger charge is -2.29. The van der Waals surface area contributed by atoms with Crippen LogP contribution >= 0.6 is 0 Å². The van der Waals surface area contributed by atoms with Gasteiger partial charge in [0.25, 0.3) is 5.56 Å². The van der Waals surface area contributed by atoms with Crippen LogP contribution in [-0.4, -0.2) is 9.97 Å². The second-order valence-electron chi connectivity index (χ2n) is 7.93. The van der Waals surface area contributed by atoms with Crippen LogP contribution in [0, 0.1) is 0 Å². The van der Waals surface area contributed by atoms with E-state index in [1.54, 1.807) is 6.07 Å². The van der Waals surface area contributed by atoms with Crippen LogP contribution in [0.15, 0.2) is 65.7 Å². The molecule has 1 heterocycles. The predicted octanol–water partition coefficient (Wildman–Crippen LogP) is 5.82. The van der Waals surface area contributed by atoms with Crippen LogP contribution in [0.3, 0.4) is 0 Å². The van der Waals surface area contributed by atoms with Gasteiger partial charge in [-0.1, -0.05) is 48.5 Å². The van der Waals surface area contributed by atoms with Crippen molar-refractivity contribution in [2.45, 2.75) is 50.1 Å². The van der Waals surface area contributed by atoms with Gasteiger partial charge in [0, 0.05) is 17.9 Å². The van der Waals surface area contributed by atoms with Gasteiger partial charge < -0.3 is 4.98 Å². The zero-order valence-electron chi connectivity index (χ0n) is 16.5. The highest BCUT2D eigenvalue weighted by Crippen LogP contribution is 2.40. The van der Waals surface area contributed by atoms with Gasteiger partial charge in [-0.05, 0) is 48.8 Å². The topological polar surface area (TPSA) is 45.8 Å². The van der Waals surface area contributed by atoms with E-state index in [-0.39, 0.29) is 17.9 Å². The van der Waals surface area contributed by atoms with E-state index in [9.17, 15) is 18.0 Å². The van der Waals surface area contributed by atoms with Crippen LogP contribution < -0.4 is 5.56 Å². The molecule has 6 heteroatoms. The molecule has 3 aromatic rings. The number of aromatic nitrogens is 2. The quantitative estimate of drug-likeness (QED) is 0.587. The molecule has 4 rings (SSSR count). The fourth-order valence-corrected chi connectivity index (χ4v) is 4.45. The van der Waals surface area contributed by atoms with Crippen LogP contribution in [0.1, 0.15) is 65.5 Å². The third-order valence-electron chi connectivity index (χ3n) is 6.00. The third kappa shape index (κ3) is 4.48. The van der Waals surface area contributed by atoms with Crippen LogP contribution in [0.5, 0.6) is 0 Å². The molecule has 0 radical (unpaired) electrons. The normalized spacial score (nSPS) is 19.6. The highest BCUT2D eigenvalue weighted by atomic mass is 19.4. The number of H-pyrrole nitrogens is 1. The maximum Gasteiger partial charge on any atom is 0.416 e. The molecule has 2 aromatic carbocycles. The van der Waals surface area contributed by atoms with Gasteiger partial charge in [0.2, 0.25) is 0 Å². The first-order valence-electron chi connectivity index (χ1n) is 10.2. The lowest BCUT2D eigenvalue weighted by molar-refractivity contribution is -0.137. The Hall–Kier alpha value is -2.89. The standard InChI is InChI=1S/C24H23F3N2O/c25-24(26,27)20-8-4-5-16(13-20)14-21-22(28-15-29-23(21)30)19-11-9-18(10-12-19)17-6-2-1-3-7-17/h1-8,13,15,18-19H,9-12,14H2,(H,28,29,30). The summed E-state index contributed by atoms with van der Waals surface area (Å²) in [5, 5.41) is 0. The first-order chi connectivity index (χ1) is 14.4. The summed E-state index contributed by atoms with van der Waals surface area (Å²) in [6, 6.07) is 15.6. The fourth-order valence-electron chi connectivity index (χ4n) is 4.45. The fraction of sp³-hybridized carbons (Fsp3) is 0.333. The smallest absolute Gasteiger partial charge is 0.313 e. The molecule has 0 atom stereocenters. The maximum atomic E-state index is 13.1. The minimum atomic E-state index is -4.41. The Balaban J connectivity index is 1.55. The molecule has 0 aliphatic heterocycles. The molecule has 0 amide bonds. The van der Waals surface area contributed by atoms with E-state index in [0.29, 0.717) is 17.0 Å². The molecular weight excluding hydrogens is 389 g/mol. The van der Waals surface area contributed by atoms with Gasteiger partial charge in [-0.3, -0.25) is 4.79 Å². The molecule has 0 spiro atoms. The Morgan fingerprint density at radius 1 is 0.933 bits per heavy atom. The van der Waals surface area contributed by atoms with Crippen molar-refractivity contribution in [3.8, 4) is 0 Å².